The maximum absolute atomic E-state index is 12.1. The predicted octanol–water partition coefficient (Wildman–Crippen LogP) is 2.98. The Hall–Kier alpha value is -2.33. The molecular formula is C17H19NO3. The number of hydrogen-bond donors (Lipinski definition) is 2. The molecular weight excluding hydrogens is 266 g/mol. The molecule has 0 aromatic heterocycles. The van der Waals surface area contributed by atoms with Crippen LogP contribution in [0, 0.1) is 0 Å². The fraction of sp³-hybridized carbons (Fsp3) is 0.235. The Bertz CT molecular complexity index is 580. The van der Waals surface area contributed by atoms with Crippen LogP contribution >= 0.6 is 0 Å². The van der Waals surface area contributed by atoms with Crippen LogP contribution in [-0.2, 0) is 0 Å². The number of aliphatic hydroxyl groups is 1. The van der Waals surface area contributed by atoms with Crippen LogP contribution < -0.4 is 10.1 Å². The predicted molar refractivity (Wildman–Crippen MR) is 81.6 cm³/mol. The van der Waals surface area contributed by atoms with Crippen LogP contribution in [0.4, 0.5) is 0 Å². The lowest BCUT2D eigenvalue weighted by atomic mass is 10.1. The zero-order valence-electron chi connectivity index (χ0n) is 12.0. The highest BCUT2D eigenvalue weighted by atomic mass is 16.5. The average molecular weight is 285 g/mol. The van der Waals surface area contributed by atoms with E-state index in [0.29, 0.717) is 17.7 Å². The van der Waals surface area contributed by atoms with Crippen LogP contribution in [0.3, 0.4) is 0 Å². The lowest BCUT2D eigenvalue weighted by Crippen LogP contribution is -2.36. The molecule has 2 aromatic rings. The molecule has 0 aliphatic carbocycles. The maximum atomic E-state index is 12.1. The summed E-state index contributed by atoms with van der Waals surface area (Å²) in [6.45, 7) is 1.85. The Labute approximate surface area is 124 Å². The molecule has 0 radical (unpaired) electrons. The molecule has 4 nitrogen and oxygen atoms in total. The van der Waals surface area contributed by atoms with Gasteiger partial charge in [-0.05, 0) is 36.8 Å². The lowest BCUT2D eigenvalue weighted by Gasteiger charge is -2.14. The zero-order valence-corrected chi connectivity index (χ0v) is 12.0. The first kappa shape index (κ1) is 15.1. The molecule has 110 valence electrons. The molecule has 0 fully saturated rings. The van der Waals surface area contributed by atoms with Crippen molar-refractivity contribution < 1.29 is 14.6 Å². The topological polar surface area (TPSA) is 58.6 Å². The van der Waals surface area contributed by atoms with Gasteiger partial charge in [0.1, 0.15) is 11.5 Å². The van der Waals surface area contributed by atoms with E-state index in [1.165, 1.54) is 0 Å². The van der Waals surface area contributed by atoms with Gasteiger partial charge in [0.25, 0.3) is 5.91 Å². The van der Waals surface area contributed by atoms with Gasteiger partial charge in [0, 0.05) is 5.56 Å². The molecule has 4 heteroatoms. The van der Waals surface area contributed by atoms with E-state index in [0.717, 1.165) is 5.75 Å². The van der Waals surface area contributed by atoms with Crippen molar-refractivity contribution in [3.63, 3.8) is 0 Å². The second-order valence-corrected chi connectivity index (χ2v) is 4.70. The van der Waals surface area contributed by atoms with Crippen LogP contribution in [0.15, 0.2) is 54.6 Å². The summed E-state index contributed by atoms with van der Waals surface area (Å²) >= 11 is 0. The van der Waals surface area contributed by atoms with Crippen molar-refractivity contribution >= 4 is 5.91 Å². The second-order valence-electron chi connectivity index (χ2n) is 4.70. The summed E-state index contributed by atoms with van der Waals surface area (Å²) in [5.41, 5.74) is 0.510. The standard InChI is InChI=1S/C17H19NO3/c1-2-14(12-19)18-17(20)13-7-6-10-16(11-13)21-15-8-4-3-5-9-15/h3-11,14,19H,2,12H2,1H3,(H,18,20). The molecule has 2 N–H and O–H groups in total. The summed E-state index contributed by atoms with van der Waals surface area (Å²) in [5.74, 6) is 1.11. The van der Waals surface area contributed by atoms with E-state index in [1.54, 1.807) is 24.3 Å². The number of carbonyl (C=O) groups excluding carboxylic acids is 1. The number of para-hydroxylation sites is 1. The summed E-state index contributed by atoms with van der Waals surface area (Å²) in [6, 6.07) is 16.1. The largest absolute Gasteiger partial charge is 0.457 e. The Morgan fingerprint density at radius 2 is 1.86 bits per heavy atom. The number of nitrogens with one attached hydrogen (secondary N) is 1. The van der Waals surface area contributed by atoms with E-state index in [2.05, 4.69) is 5.32 Å². The third kappa shape index (κ3) is 4.33. The Morgan fingerprint density at radius 1 is 1.14 bits per heavy atom. The first-order valence-electron chi connectivity index (χ1n) is 6.97. The van der Waals surface area contributed by atoms with Crippen molar-refractivity contribution in [2.24, 2.45) is 0 Å². The first-order chi connectivity index (χ1) is 10.2. The van der Waals surface area contributed by atoms with Crippen molar-refractivity contribution in [3.05, 3.63) is 60.2 Å². The molecule has 21 heavy (non-hydrogen) atoms. The van der Waals surface area contributed by atoms with Gasteiger partial charge < -0.3 is 15.2 Å². The molecule has 0 heterocycles. The van der Waals surface area contributed by atoms with Gasteiger partial charge in [-0.1, -0.05) is 31.2 Å². The van der Waals surface area contributed by atoms with Crippen LogP contribution in [0.25, 0.3) is 0 Å². The summed E-state index contributed by atoms with van der Waals surface area (Å²) in [4.78, 5) is 12.1. The monoisotopic (exact) mass is 285 g/mol. The maximum Gasteiger partial charge on any atom is 0.251 e. The summed E-state index contributed by atoms with van der Waals surface area (Å²) in [5, 5.41) is 11.9. The van der Waals surface area contributed by atoms with Gasteiger partial charge in [-0.3, -0.25) is 4.79 Å². The Kier molecular flexibility index (Phi) is 5.35. The molecule has 0 aliphatic heterocycles. The number of amides is 1. The van der Waals surface area contributed by atoms with Crippen LogP contribution in [0.1, 0.15) is 23.7 Å². The molecule has 1 atom stereocenters. The number of rotatable bonds is 6. The highest BCUT2D eigenvalue weighted by Gasteiger charge is 2.12. The van der Waals surface area contributed by atoms with E-state index in [9.17, 15) is 4.79 Å². The molecule has 1 unspecified atom stereocenters. The van der Waals surface area contributed by atoms with E-state index < -0.39 is 0 Å². The zero-order chi connectivity index (χ0) is 15.1. The van der Waals surface area contributed by atoms with Crippen LogP contribution in [-0.4, -0.2) is 23.7 Å². The minimum Gasteiger partial charge on any atom is -0.457 e. The minimum atomic E-state index is -0.226. The van der Waals surface area contributed by atoms with Gasteiger partial charge in [0.05, 0.1) is 12.6 Å². The highest BCUT2D eigenvalue weighted by molar-refractivity contribution is 5.94. The molecule has 2 aromatic carbocycles. The Balaban J connectivity index is 2.08. The number of aliphatic hydroxyl groups excluding tert-OH is 1. The third-order valence-corrected chi connectivity index (χ3v) is 3.12. The fourth-order valence-corrected chi connectivity index (χ4v) is 1.87. The van der Waals surface area contributed by atoms with Gasteiger partial charge in [0.2, 0.25) is 0 Å². The molecule has 0 saturated heterocycles. The Morgan fingerprint density at radius 3 is 2.52 bits per heavy atom. The smallest absolute Gasteiger partial charge is 0.251 e. The molecule has 0 spiro atoms. The van der Waals surface area contributed by atoms with Gasteiger partial charge >= 0.3 is 0 Å². The normalized spacial score (nSPS) is 11.7. The summed E-state index contributed by atoms with van der Waals surface area (Å²) in [6.07, 6.45) is 0.683. The van der Waals surface area contributed by atoms with E-state index in [4.69, 9.17) is 9.84 Å². The van der Waals surface area contributed by atoms with Crippen LogP contribution in [0.5, 0.6) is 11.5 Å². The van der Waals surface area contributed by atoms with Crippen molar-refractivity contribution in [2.75, 3.05) is 6.61 Å². The quantitative estimate of drug-likeness (QED) is 0.858. The van der Waals surface area contributed by atoms with Gasteiger partial charge in [-0.2, -0.15) is 0 Å². The van der Waals surface area contributed by atoms with E-state index in [-0.39, 0.29) is 18.6 Å². The molecule has 0 aliphatic rings. The van der Waals surface area contributed by atoms with Gasteiger partial charge in [0.15, 0.2) is 0 Å². The van der Waals surface area contributed by atoms with Crippen molar-refractivity contribution in [1.82, 2.24) is 5.32 Å². The number of benzene rings is 2. The highest BCUT2D eigenvalue weighted by Crippen LogP contribution is 2.21. The summed E-state index contributed by atoms with van der Waals surface area (Å²) < 4.78 is 5.70. The van der Waals surface area contributed by atoms with E-state index >= 15 is 0 Å². The van der Waals surface area contributed by atoms with Gasteiger partial charge in [-0.25, -0.2) is 0 Å². The SMILES string of the molecule is CCC(CO)NC(=O)c1cccc(Oc2ccccc2)c1. The number of hydrogen-bond acceptors (Lipinski definition) is 3. The van der Waals surface area contributed by atoms with Crippen molar-refractivity contribution in [2.45, 2.75) is 19.4 Å². The lowest BCUT2D eigenvalue weighted by molar-refractivity contribution is 0.0914. The van der Waals surface area contributed by atoms with E-state index in [1.807, 2.05) is 37.3 Å². The first-order valence-corrected chi connectivity index (χ1v) is 6.97. The molecule has 1 amide bonds. The fourth-order valence-electron chi connectivity index (χ4n) is 1.87. The minimum absolute atomic E-state index is 0.0670. The molecule has 0 bridgehead atoms. The summed E-state index contributed by atoms with van der Waals surface area (Å²) in [7, 11) is 0. The van der Waals surface area contributed by atoms with Gasteiger partial charge in [-0.15, -0.1) is 0 Å². The van der Waals surface area contributed by atoms with Crippen LogP contribution in [0.2, 0.25) is 0 Å². The van der Waals surface area contributed by atoms with Crippen molar-refractivity contribution in [1.29, 1.82) is 0 Å². The van der Waals surface area contributed by atoms with Crippen molar-refractivity contribution in [3.8, 4) is 11.5 Å². The molecule has 2 rings (SSSR count). The third-order valence-electron chi connectivity index (χ3n) is 3.12. The number of ether oxygens (including phenoxy) is 1. The number of carbonyl (C=O) groups is 1. The molecule has 0 saturated carbocycles. The second kappa shape index (κ2) is 7.45. The average Bonchev–Trinajstić information content (AvgIpc) is 2.53.